The number of aromatic nitrogens is 3. The van der Waals surface area contributed by atoms with Crippen LogP contribution in [0.1, 0.15) is 40.9 Å². The first-order valence-electron chi connectivity index (χ1n) is 14.4. The maximum absolute atomic E-state index is 13.2. The fourth-order valence-corrected chi connectivity index (χ4v) is 6.01. The van der Waals surface area contributed by atoms with Gasteiger partial charge in [-0.1, -0.05) is 121 Å². The van der Waals surface area contributed by atoms with Crippen molar-refractivity contribution in [1.82, 2.24) is 20.1 Å². The van der Waals surface area contributed by atoms with Crippen molar-refractivity contribution in [3.8, 4) is 5.88 Å². The molecule has 8 heteroatoms. The number of nitrogens with zero attached hydrogens (tertiary/aromatic N) is 3. The van der Waals surface area contributed by atoms with Crippen molar-refractivity contribution in [2.45, 2.75) is 24.4 Å². The number of carbonyl (C=O) groups is 1. The number of hydrogen-bond donors (Lipinski definition) is 2. The summed E-state index contributed by atoms with van der Waals surface area (Å²) < 4.78 is 7.81. The Balaban J connectivity index is 1.57. The third-order valence-corrected chi connectivity index (χ3v) is 8.06. The lowest BCUT2D eigenvalue weighted by Crippen LogP contribution is -2.38. The van der Waals surface area contributed by atoms with Crippen LogP contribution in [0.15, 0.2) is 127 Å². The molecule has 0 aliphatic carbocycles. The van der Waals surface area contributed by atoms with E-state index in [0.717, 1.165) is 22.3 Å². The van der Waals surface area contributed by atoms with E-state index in [1.54, 1.807) is 7.11 Å². The zero-order chi connectivity index (χ0) is 30.5. The van der Waals surface area contributed by atoms with Gasteiger partial charge in [0.1, 0.15) is 11.4 Å². The van der Waals surface area contributed by atoms with Crippen LogP contribution in [0.5, 0.6) is 5.88 Å². The molecule has 0 saturated carbocycles. The summed E-state index contributed by atoms with van der Waals surface area (Å²) in [5.74, 6) is 0.826. The summed E-state index contributed by atoms with van der Waals surface area (Å²) in [6.45, 7) is 1.93. The summed E-state index contributed by atoms with van der Waals surface area (Å²) in [5, 5.41) is 11.7. The van der Waals surface area contributed by atoms with Crippen molar-refractivity contribution in [1.29, 1.82) is 0 Å². The number of ether oxygens (including phenoxy) is 1. The topological polar surface area (TPSA) is 81.1 Å². The Morgan fingerprint density at radius 1 is 0.841 bits per heavy atom. The molecule has 0 aliphatic rings. The Morgan fingerprint density at radius 2 is 1.34 bits per heavy atom. The molecule has 6 rings (SSSR count). The predicted molar refractivity (Wildman–Crippen MR) is 175 cm³/mol. The Morgan fingerprint density at radius 3 is 1.82 bits per heavy atom. The number of benzene rings is 4. The van der Waals surface area contributed by atoms with Crippen LogP contribution in [0, 0.1) is 0 Å². The van der Waals surface area contributed by atoms with E-state index in [4.69, 9.17) is 26.4 Å². The monoisotopic (exact) mass is 601 g/mol. The minimum atomic E-state index is -0.912. The molecular weight excluding hydrogens is 570 g/mol. The number of halogens is 1. The standard InChI is InChI=1S/C36H32ClN5O2/c1-25(26-15-7-3-8-16-26)38-35(43)40-32-23-31-33(30(24-37)39-32)34(44-2)41-42(31)36(27-17-9-4-10-18-27,28-19-11-5-12-20-28)29-21-13-6-14-22-29/h3-23,25H,24H2,1-2H3,(H2,38,39,40,43). The van der Waals surface area contributed by atoms with Gasteiger partial charge in [0.25, 0.3) is 0 Å². The van der Waals surface area contributed by atoms with Gasteiger partial charge in [-0.15, -0.1) is 16.7 Å². The number of methoxy groups -OCH3 is 1. The maximum atomic E-state index is 13.2. The molecule has 6 aromatic rings. The van der Waals surface area contributed by atoms with Crippen LogP contribution < -0.4 is 15.4 Å². The predicted octanol–water partition coefficient (Wildman–Crippen LogP) is 7.90. The summed E-state index contributed by atoms with van der Waals surface area (Å²) in [4.78, 5) is 17.9. The van der Waals surface area contributed by atoms with Gasteiger partial charge in [-0.25, -0.2) is 14.5 Å². The molecule has 220 valence electrons. The molecule has 0 fully saturated rings. The normalized spacial score (nSPS) is 12.1. The molecule has 1 atom stereocenters. The number of hydrogen-bond acceptors (Lipinski definition) is 4. The molecule has 0 bridgehead atoms. The van der Waals surface area contributed by atoms with Crippen molar-refractivity contribution < 1.29 is 9.53 Å². The zero-order valence-corrected chi connectivity index (χ0v) is 25.2. The van der Waals surface area contributed by atoms with Crippen molar-refractivity contribution in [3.63, 3.8) is 0 Å². The highest BCUT2D eigenvalue weighted by Crippen LogP contribution is 2.44. The molecule has 4 aromatic carbocycles. The highest BCUT2D eigenvalue weighted by Gasteiger charge is 2.41. The van der Waals surface area contributed by atoms with E-state index >= 15 is 0 Å². The van der Waals surface area contributed by atoms with E-state index in [2.05, 4.69) is 47.0 Å². The van der Waals surface area contributed by atoms with Crippen LogP contribution in [0.3, 0.4) is 0 Å². The summed E-state index contributed by atoms with van der Waals surface area (Å²) in [5.41, 5.74) is 4.32. The van der Waals surface area contributed by atoms with Crippen LogP contribution in [-0.2, 0) is 11.4 Å². The van der Waals surface area contributed by atoms with Crippen molar-refractivity contribution in [2.24, 2.45) is 0 Å². The Labute approximate surface area is 261 Å². The number of alkyl halides is 1. The lowest BCUT2D eigenvalue weighted by molar-refractivity contribution is 0.249. The van der Waals surface area contributed by atoms with E-state index in [-0.39, 0.29) is 18.0 Å². The molecule has 2 aromatic heterocycles. The summed E-state index contributed by atoms with van der Waals surface area (Å²) in [6.07, 6.45) is 0. The highest BCUT2D eigenvalue weighted by atomic mass is 35.5. The largest absolute Gasteiger partial charge is 0.479 e. The van der Waals surface area contributed by atoms with Gasteiger partial charge in [-0.3, -0.25) is 5.32 Å². The fourth-order valence-electron chi connectivity index (χ4n) is 5.82. The van der Waals surface area contributed by atoms with Gasteiger partial charge in [0.15, 0.2) is 0 Å². The number of pyridine rings is 1. The molecule has 0 aliphatic heterocycles. The van der Waals surface area contributed by atoms with Crippen molar-refractivity contribution >= 4 is 34.4 Å². The zero-order valence-electron chi connectivity index (χ0n) is 24.4. The van der Waals surface area contributed by atoms with E-state index in [9.17, 15) is 4.79 Å². The number of amides is 2. The van der Waals surface area contributed by atoms with Gasteiger partial charge in [-0.2, -0.15) is 0 Å². The number of urea groups is 1. The number of carbonyl (C=O) groups excluding carboxylic acids is 1. The summed E-state index contributed by atoms with van der Waals surface area (Å²) >= 11 is 6.50. The Hall–Kier alpha value is -5.14. The fraction of sp³-hybridized carbons (Fsp3) is 0.139. The SMILES string of the molecule is COc1nn(C(c2ccccc2)(c2ccccc2)c2ccccc2)c2cc(NC(=O)NC(C)c3ccccc3)nc(CCl)c12. The molecule has 2 N–H and O–H groups in total. The van der Waals surface area contributed by atoms with Crippen molar-refractivity contribution in [2.75, 3.05) is 12.4 Å². The quantitative estimate of drug-likeness (QED) is 0.130. The molecule has 44 heavy (non-hydrogen) atoms. The smallest absolute Gasteiger partial charge is 0.320 e. The third-order valence-electron chi connectivity index (χ3n) is 7.81. The van der Waals surface area contributed by atoms with Crippen LogP contribution in [0.2, 0.25) is 0 Å². The minimum Gasteiger partial charge on any atom is -0.479 e. The minimum absolute atomic E-state index is 0.0884. The van der Waals surface area contributed by atoms with Crippen LogP contribution >= 0.6 is 11.6 Å². The van der Waals surface area contributed by atoms with Gasteiger partial charge in [0, 0.05) is 6.07 Å². The van der Waals surface area contributed by atoms with Gasteiger partial charge in [0.2, 0.25) is 5.88 Å². The number of anilines is 1. The molecule has 0 spiro atoms. The second-order valence-corrected chi connectivity index (χ2v) is 10.7. The second kappa shape index (κ2) is 12.6. The van der Waals surface area contributed by atoms with E-state index in [1.807, 2.05) is 103 Å². The van der Waals surface area contributed by atoms with Crippen LogP contribution in [0.4, 0.5) is 10.6 Å². The van der Waals surface area contributed by atoms with E-state index in [0.29, 0.717) is 28.3 Å². The van der Waals surface area contributed by atoms with E-state index < -0.39 is 5.54 Å². The molecule has 0 radical (unpaired) electrons. The average molecular weight is 602 g/mol. The number of rotatable bonds is 9. The maximum Gasteiger partial charge on any atom is 0.320 e. The molecule has 1 unspecified atom stereocenters. The number of fused-ring (bicyclic) bond motifs is 1. The van der Waals surface area contributed by atoms with Gasteiger partial charge in [0.05, 0.1) is 35.6 Å². The number of nitrogens with one attached hydrogen (secondary N) is 2. The molecule has 2 amide bonds. The Bertz CT molecular complexity index is 1770. The van der Waals surface area contributed by atoms with Crippen molar-refractivity contribution in [3.05, 3.63) is 155 Å². The van der Waals surface area contributed by atoms with E-state index in [1.165, 1.54) is 0 Å². The van der Waals surface area contributed by atoms with Crippen LogP contribution in [0.25, 0.3) is 10.9 Å². The lowest BCUT2D eigenvalue weighted by Gasteiger charge is -2.37. The molecule has 2 heterocycles. The van der Waals surface area contributed by atoms with Gasteiger partial charge < -0.3 is 10.1 Å². The first kappa shape index (κ1) is 29.0. The molecule has 7 nitrogen and oxygen atoms in total. The Kier molecular flexibility index (Phi) is 8.30. The first-order valence-corrected chi connectivity index (χ1v) is 14.9. The van der Waals surface area contributed by atoms with Gasteiger partial charge in [-0.05, 0) is 29.2 Å². The molecular formula is C36H32ClN5O2. The summed E-state index contributed by atoms with van der Waals surface area (Å²) in [7, 11) is 1.59. The molecule has 0 saturated heterocycles. The summed E-state index contributed by atoms with van der Waals surface area (Å²) in [6, 6.07) is 41.8. The second-order valence-electron chi connectivity index (χ2n) is 10.4. The van der Waals surface area contributed by atoms with Crippen LogP contribution in [-0.4, -0.2) is 27.9 Å². The average Bonchev–Trinajstić information content (AvgIpc) is 3.45. The first-order chi connectivity index (χ1) is 21.6. The van der Waals surface area contributed by atoms with Gasteiger partial charge >= 0.3 is 6.03 Å². The highest BCUT2D eigenvalue weighted by molar-refractivity contribution is 6.18. The third kappa shape index (κ3) is 5.27. The lowest BCUT2D eigenvalue weighted by atomic mass is 9.77.